The summed E-state index contributed by atoms with van der Waals surface area (Å²) in [7, 11) is 0. The van der Waals surface area contributed by atoms with E-state index in [2.05, 4.69) is 59.9 Å². The number of anilines is 3. The number of ether oxygens (including phenoxy) is 1. The van der Waals surface area contributed by atoms with E-state index in [1.54, 1.807) is 6.20 Å². The van der Waals surface area contributed by atoms with Crippen molar-refractivity contribution in [3.05, 3.63) is 54.2 Å². The maximum absolute atomic E-state index is 6.04. The number of rotatable bonds is 7. The van der Waals surface area contributed by atoms with Crippen LogP contribution in [0.5, 0.6) is 0 Å². The minimum absolute atomic E-state index is 0.215. The Morgan fingerprint density at radius 1 is 1.07 bits per heavy atom. The number of pyridine rings is 1. The van der Waals surface area contributed by atoms with E-state index in [0.717, 1.165) is 25.3 Å². The Kier molecular flexibility index (Phi) is 4.81. The molecule has 152 valence electrons. The van der Waals surface area contributed by atoms with Crippen LogP contribution in [0.15, 0.2) is 48.7 Å². The highest BCUT2D eigenvalue weighted by molar-refractivity contribution is 5.54. The van der Waals surface area contributed by atoms with Crippen molar-refractivity contribution in [2.45, 2.75) is 12.5 Å². The molecule has 0 unspecified atom stereocenters. The number of benzene rings is 1. The lowest BCUT2D eigenvalue weighted by molar-refractivity contribution is 0.0211. The van der Waals surface area contributed by atoms with Gasteiger partial charge in [0.05, 0.1) is 19.3 Å². The van der Waals surface area contributed by atoms with E-state index in [9.17, 15) is 0 Å². The van der Waals surface area contributed by atoms with Crippen LogP contribution in [-0.4, -0.2) is 55.4 Å². The molecule has 1 aliphatic heterocycles. The zero-order valence-corrected chi connectivity index (χ0v) is 16.2. The van der Waals surface area contributed by atoms with Crippen LogP contribution < -0.4 is 16.4 Å². The molecule has 10 nitrogen and oxygen atoms in total. The summed E-state index contributed by atoms with van der Waals surface area (Å²) in [5.74, 6) is 1.47. The van der Waals surface area contributed by atoms with E-state index in [1.807, 2.05) is 18.2 Å². The zero-order valence-electron chi connectivity index (χ0n) is 16.2. The lowest BCUT2D eigenvalue weighted by Gasteiger charge is -2.27. The highest BCUT2D eigenvalue weighted by Gasteiger charge is 2.17. The second-order valence-corrected chi connectivity index (χ2v) is 7.02. The fraction of sp³-hybridized carbons (Fsp3) is 0.250. The highest BCUT2D eigenvalue weighted by atomic mass is 16.5. The van der Waals surface area contributed by atoms with Crippen LogP contribution >= 0.6 is 0 Å². The number of fused-ring (bicyclic) bond motifs is 1. The molecular weight excluding hydrogens is 382 g/mol. The fourth-order valence-electron chi connectivity index (χ4n) is 3.13. The van der Waals surface area contributed by atoms with Crippen LogP contribution in [-0.2, 0) is 11.2 Å². The molecule has 3 aromatic heterocycles. The van der Waals surface area contributed by atoms with E-state index in [1.165, 1.54) is 10.1 Å². The van der Waals surface area contributed by atoms with Crippen molar-refractivity contribution in [3.8, 4) is 11.5 Å². The summed E-state index contributed by atoms with van der Waals surface area (Å²) in [5.41, 5.74) is 9.01. The minimum atomic E-state index is 0.215. The van der Waals surface area contributed by atoms with Crippen LogP contribution in [0, 0.1) is 0 Å². The predicted molar refractivity (Wildman–Crippen MR) is 113 cm³/mol. The number of hydrogen-bond donors (Lipinski definition) is 3. The van der Waals surface area contributed by atoms with Crippen LogP contribution in [0.2, 0.25) is 0 Å². The van der Waals surface area contributed by atoms with E-state index in [-0.39, 0.29) is 5.95 Å². The van der Waals surface area contributed by atoms with Gasteiger partial charge in [0.2, 0.25) is 17.7 Å². The maximum Gasteiger partial charge on any atom is 0.259 e. The molecule has 1 saturated heterocycles. The molecule has 0 saturated carbocycles. The van der Waals surface area contributed by atoms with Crippen molar-refractivity contribution < 1.29 is 4.74 Å². The summed E-state index contributed by atoms with van der Waals surface area (Å²) < 4.78 is 6.59. The first-order valence-corrected chi connectivity index (χ1v) is 9.73. The largest absolute Gasteiger partial charge is 0.378 e. The molecule has 4 aromatic rings. The van der Waals surface area contributed by atoms with Crippen LogP contribution in [0.25, 0.3) is 17.3 Å². The summed E-state index contributed by atoms with van der Waals surface area (Å²) >= 11 is 0. The van der Waals surface area contributed by atoms with Crippen molar-refractivity contribution in [1.29, 1.82) is 0 Å². The number of aromatic nitrogens is 6. The van der Waals surface area contributed by atoms with Gasteiger partial charge in [-0.15, -0.1) is 5.10 Å². The first-order chi connectivity index (χ1) is 14.7. The SMILES string of the molecule is Nc1nc(NCCc2ccc(NC3COC3)cc2)nc2nc(-c3ccccn3)nn12. The molecule has 0 amide bonds. The number of hydrogen-bond acceptors (Lipinski definition) is 9. The lowest BCUT2D eigenvalue weighted by Crippen LogP contribution is -2.40. The average Bonchev–Trinajstić information content (AvgIpc) is 3.17. The van der Waals surface area contributed by atoms with Gasteiger partial charge in [0.25, 0.3) is 5.78 Å². The smallest absolute Gasteiger partial charge is 0.259 e. The maximum atomic E-state index is 6.04. The summed E-state index contributed by atoms with van der Waals surface area (Å²) in [5, 5.41) is 11.0. The molecule has 0 atom stereocenters. The standard InChI is InChI=1S/C20H21N9O/c21-18-26-19(27-20-25-17(28-29(18)20)16-3-1-2-9-22-16)23-10-8-13-4-6-14(7-5-13)24-15-11-30-12-15/h1-7,9,15,24H,8,10-12H2,(H3,21,23,25,26,27,28). The summed E-state index contributed by atoms with van der Waals surface area (Å²) in [6, 6.07) is 14.4. The Labute approximate surface area is 172 Å². The second-order valence-electron chi connectivity index (χ2n) is 7.02. The number of nitrogen functional groups attached to an aromatic ring is 1. The van der Waals surface area contributed by atoms with Gasteiger partial charge in [-0.2, -0.15) is 19.5 Å². The molecule has 5 rings (SSSR count). The molecule has 1 aromatic carbocycles. The third-order valence-corrected chi connectivity index (χ3v) is 4.79. The van der Waals surface area contributed by atoms with Gasteiger partial charge in [-0.05, 0) is 36.2 Å². The van der Waals surface area contributed by atoms with E-state index < -0.39 is 0 Å². The Morgan fingerprint density at radius 2 is 1.93 bits per heavy atom. The molecule has 0 spiro atoms. The first kappa shape index (κ1) is 18.3. The fourth-order valence-corrected chi connectivity index (χ4v) is 3.13. The van der Waals surface area contributed by atoms with Gasteiger partial charge in [-0.3, -0.25) is 4.98 Å². The highest BCUT2D eigenvalue weighted by Crippen LogP contribution is 2.16. The molecule has 4 N–H and O–H groups in total. The number of nitrogens with one attached hydrogen (secondary N) is 2. The quantitative estimate of drug-likeness (QED) is 0.422. The van der Waals surface area contributed by atoms with Crippen molar-refractivity contribution in [1.82, 2.24) is 29.5 Å². The third kappa shape index (κ3) is 3.85. The van der Waals surface area contributed by atoms with Gasteiger partial charge in [0.15, 0.2) is 0 Å². The normalized spacial score (nSPS) is 13.9. The Morgan fingerprint density at radius 3 is 2.67 bits per heavy atom. The minimum Gasteiger partial charge on any atom is -0.378 e. The molecule has 0 radical (unpaired) electrons. The van der Waals surface area contributed by atoms with E-state index in [4.69, 9.17) is 10.5 Å². The summed E-state index contributed by atoms with van der Waals surface area (Å²) in [6.07, 6.45) is 2.51. The molecular formula is C20H21N9O. The Hall–Kier alpha value is -3.79. The van der Waals surface area contributed by atoms with Crippen molar-refractivity contribution in [2.24, 2.45) is 0 Å². The lowest BCUT2D eigenvalue weighted by atomic mass is 10.1. The van der Waals surface area contributed by atoms with Crippen LogP contribution in [0.3, 0.4) is 0 Å². The summed E-state index contributed by atoms with van der Waals surface area (Å²) in [4.78, 5) is 17.4. The Balaban J connectivity index is 1.23. The predicted octanol–water partition coefficient (Wildman–Crippen LogP) is 1.63. The van der Waals surface area contributed by atoms with Crippen LogP contribution in [0.1, 0.15) is 5.56 Å². The van der Waals surface area contributed by atoms with Gasteiger partial charge in [0.1, 0.15) is 5.69 Å². The molecule has 30 heavy (non-hydrogen) atoms. The van der Waals surface area contributed by atoms with Gasteiger partial charge in [-0.1, -0.05) is 18.2 Å². The molecule has 0 aliphatic carbocycles. The second kappa shape index (κ2) is 7.91. The van der Waals surface area contributed by atoms with Crippen molar-refractivity contribution in [3.63, 3.8) is 0 Å². The van der Waals surface area contributed by atoms with Crippen molar-refractivity contribution in [2.75, 3.05) is 36.1 Å². The molecule has 0 bridgehead atoms. The number of nitrogens with two attached hydrogens (primary N) is 1. The average molecular weight is 403 g/mol. The van der Waals surface area contributed by atoms with Crippen LogP contribution in [0.4, 0.5) is 17.6 Å². The zero-order chi connectivity index (χ0) is 20.3. The number of nitrogens with zero attached hydrogens (tertiary/aromatic N) is 6. The molecule has 4 heterocycles. The molecule has 1 aliphatic rings. The Bertz CT molecular complexity index is 1140. The van der Waals surface area contributed by atoms with E-state index >= 15 is 0 Å². The topological polar surface area (TPSA) is 128 Å². The van der Waals surface area contributed by atoms with Gasteiger partial charge in [0, 0.05) is 18.4 Å². The molecule has 1 fully saturated rings. The first-order valence-electron chi connectivity index (χ1n) is 9.73. The molecule has 10 heteroatoms. The van der Waals surface area contributed by atoms with E-state index in [0.29, 0.717) is 35.8 Å². The van der Waals surface area contributed by atoms with Gasteiger partial charge >= 0.3 is 0 Å². The summed E-state index contributed by atoms with van der Waals surface area (Å²) in [6.45, 7) is 2.21. The van der Waals surface area contributed by atoms with Gasteiger partial charge in [-0.25, -0.2) is 0 Å². The van der Waals surface area contributed by atoms with Gasteiger partial charge < -0.3 is 21.1 Å². The third-order valence-electron chi connectivity index (χ3n) is 4.79. The monoisotopic (exact) mass is 403 g/mol. The van der Waals surface area contributed by atoms with Crippen molar-refractivity contribution >= 4 is 23.4 Å².